The Morgan fingerprint density at radius 3 is 2.52 bits per heavy atom. The summed E-state index contributed by atoms with van der Waals surface area (Å²) in [5.41, 5.74) is 2.54. The Labute approximate surface area is 147 Å². The number of ether oxygens (including phenoxy) is 1. The molecule has 0 saturated carbocycles. The van der Waals surface area contributed by atoms with E-state index >= 15 is 0 Å². The van der Waals surface area contributed by atoms with Crippen molar-refractivity contribution in [1.82, 2.24) is 10.2 Å². The summed E-state index contributed by atoms with van der Waals surface area (Å²) in [5.74, 6) is 1.21. The highest BCUT2D eigenvalue weighted by molar-refractivity contribution is 5.83. The number of anilines is 3. The van der Waals surface area contributed by atoms with Crippen LogP contribution in [0.1, 0.15) is 12.5 Å². The summed E-state index contributed by atoms with van der Waals surface area (Å²) in [5, 5.41) is 10.8. The van der Waals surface area contributed by atoms with Crippen LogP contribution in [0.25, 0.3) is 0 Å². The second-order valence-corrected chi connectivity index (χ2v) is 5.94. The van der Waals surface area contributed by atoms with E-state index in [9.17, 15) is 4.79 Å². The highest BCUT2D eigenvalue weighted by atomic mass is 16.5. The topological polar surface area (TPSA) is 70.6 Å². The van der Waals surface area contributed by atoms with Crippen molar-refractivity contribution in [2.45, 2.75) is 13.8 Å². The lowest BCUT2D eigenvalue weighted by Crippen LogP contribution is -2.46. The van der Waals surface area contributed by atoms with Gasteiger partial charge in [0.05, 0.1) is 6.61 Å². The number of aryl methyl sites for hydroxylation is 1. The fourth-order valence-corrected chi connectivity index (χ4v) is 2.85. The van der Waals surface area contributed by atoms with Gasteiger partial charge in [0.2, 0.25) is 0 Å². The van der Waals surface area contributed by atoms with Crippen LogP contribution >= 0.6 is 0 Å². The van der Waals surface area contributed by atoms with Crippen molar-refractivity contribution in [3.8, 4) is 0 Å². The van der Waals surface area contributed by atoms with Gasteiger partial charge in [-0.3, -0.25) is 5.32 Å². The number of amides is 1. The number of carbonyl (C=O) groups is 1. The number of nitrogens with zero attached hydrogens (tertiary/aromatic N) is 4. The summed E-state index contributed by atoms with van der Waals surface area (Å²) in [4.78, 5) is 16.0. The average molecular weight is 341 g/mol. The van der Waals surface area contributed by atoms with E-state index in [-0.39, 0.29) is 0 Å². The van der Waals surface area contributed by atoms with E-state index in [2.05, 4.69) is 56.5 Å². The van der Waals surface area contributed by atoms with Gasteiger partial charge in [-0.25, -0.2) is 4.79 Å². The Morgan fingerprint density at radius 2 is 1.88 bits per heavy atom. The van der Waals surface area contributed by atoms with Crippen LogP contribution in [0.5, 0.6) is 0 Å². The zero-order valence-corrected chi connectivity index (χ0v) is 14.6. The van der Waals surface area contributed by atoms with Gasteiger partial charge in [-0.15, -0.1) is 10.2 Å². The molecule has 2 heterocycles. The normalized spacial score (nSPS) is 14.3. The molecule has 0 bridgehead atoms. The monoisotopic (exact) mass is 341 g/mol. The standard InChI is InChI=1S/C18H23N5O2/c1-3-25-18(24)19-16-7-8-17(21-20-16)23-11-9-22(10-12-23)15-6-4-5-14(2)13-15/h4-8,13H,3,9-12H2,1-2H3,(H,19,20,24). The molecule has 1 aromatic heterocycles. The van der Waals surface area contributed by atoms with Gasteiger partial charge < -0.3 is 14.5 Å². The Morgan fingerprint density at radius 1 is 1.12 bits per heavy atom. The van der Waals surface area contributed by atoms with Crippen molar-refractivity contribution in [3.63, 3.8) is 0 Å². The van der Waals surface area contributed by atoms with Gasteiger partial charge in [0, 0.05) is 31.9 Å². The lowest BCUT2D eigenvalue weighted by atomic mass is 10.2. The number of rotatable bonds is 4. The number of nitrogens with one attached hydrogen (secondary N) is 1. The summed E-state index contributed by atoms with van der Waals surface area (Å²) < 4.78 is 4.82. The lowest BCUT2D eigenvalue weighted by molar-refractivity contribution is 0.168. The average Bonchev–Trinajstić information content (AvgIpc) is 2.63. The molecule has 3 rings (SSSR count). The molecule has 1 fully saturated rings. The minimum Gasteiger partial charge on any atom is -0.450 e. The number of hydrogen-bond acceptors (Lipinski definition) is 6. The number of hydrogen-bond donors (Lipinski definition) is 1. The molecule has 0 spiro atoms. The van der Waals surface area contributed by atoms with Crippen LogP contribution in [0.15, 0.2) is 36.4 Å². The van der Waals surface area contributed by atoms with Crippen molar-refractivity contribution in [2.75, 3.05) is 47.9 Å². The number of aromatic nitrogens is 2. The van der Waals surface area contributed by atoms with E-state index in [0.29, 0.717) is 12.4 Å². The number of piperazine rings is 1. The molecule has 0 atom stereocenters. The highest BCUT2D eigenvalue weighted by Gasteiger charge is 2.19. The Bertz CT molecular complexity index is 712. The Balaban J connectivity index is 1.56. The lowest BCUT2D eigenvalue weighted by Gasteiger charge is -2.36. The third-order valence-corrected chi connectivity index (χ3v) is 4.13. The van der Waals surface area contributed by atoms with Gasteiger partial charge in [-0.2, -0.15) is 0 Å². The molecule has 1 aliphatic rings. The molecule has 1 aliphatic heterocycles. The van der Waals surface area contributed by atoms with Gasteiger partial charge in [-0.05, 0) is 43.7 Å². The molecular weight excluding hydrogens is 318 g/mol. The molecule has 25 heavy (non-hydrogen) atoms. The van der Waals surface area contributed by atoms with Crippen LogP contribution < -0.4 is 15.1 Å². The summed E-state index contributed by atoms with van der Waals surface area (Å²) in [6.07, 6.45) is -0.517. The third-order valence-electron chi connectivity index (χ3n) is 4.13. The maximum absolute atomic E-state index is 11.4. The largest absolute Gasteiger partial charge is 0.450 e. The Hall–Kier alpha value is -2.83. The first-order chi connectivity index (χ1) is 12.2. The van der Waals surface area contributed by atoms with Crippen LogP contribution in [0.3, 0.4) is 0 Å². The molecule has 1 saturated heterocycles. The number of benzene rings is 1. The minimum atomic E-state index is -0.517. The molecule has 132 valence electrons. The summed E-state index contributed by atoms with van der Waals surface area (Å²) in [6, 6.07) is 12.2. The predicted octanol–water partition coefficient (Wildman–Crippen LogP) is 2.68. The van der Waals surface area contributed by atoms with Crippen LogP contribution in [-0.2, 0) is 4.74 Å². The van der Waals surface area contributed by atoms with Crippen molar-refractivity contribution in [3.05, 3.63) is 42.0 Å². The third kappa shape index (κ3) is 4.37. The van der Waals surface area contributed by atoms with Gasteiger partial charge >= 0.3 is 6.09 Å². The second-order valence-electron chi connectivity index (χ2n) is 5.94. The maximum atomic E-state index is 11.4. The summed E-state index contributed by atoms with van der Waals surface area (Å²) >= 11 is 0. The van der Waals surface area contributed by atoms with Gasteiger partial charge in [0.15, 0.2) is 11.6 Å². The van der Waals surface area contributed by atoms with Crippen molar-refractivity contribution < 1.29 is 9.53 Å². The zero-order valence-electron chi connectivity index (χ0n) is 14.6. The van der Waals surface area contributed by atoms with Crippen molar-refractivity contribution >= 4 is 23.4 Å². The maximum Gasteiger partial charge on any atom is 0.412 e. The van der Waals surface area contributed by atoms with Crippen molar-refractivity contribution in [2.24, 2.45) is 0 Å². The first-order valence-electron chi connectivity index (χ1n) is 8.50. The SMILES string of the molecule is CCOC(=O)Nc1ccc(N2CCN(c3cccc(C)c3)CC2)nn1. The van der Waals surface area contributed by atoms with Gasteiger partial charge in [-0.1, -0.05) is 12.1 Å². The highest BCUT2D eigenvalue weighted by Crippen LogP contribution is 2.20. The van der Waals surface area contributed by atoms with Gasteiger partial charge in [0.1, 0.15) is 0 Å². The minimum absolute atomic E-state index is 0.322. The molecule has 1 N–H and O–H groups in total. The van der Waals surface area contributed by atoms with E-state index in [1.807, 2.05) is 6.07 Å². The molecule has 0 aliphatic carbocycles. The van der Waals surface area contributed by atoms with Gasteiger partial charge in [0.25, 0.3) is 0 Å². The first kappa shape index (κ1) is 17.0. The Kier molecular flexibility index (Phi) is 5.33. The van der Waals surface area contributed by atoms with Crippen LogP contribution in [0.4, 0.5) is 22.1 Å². The van der Waals surface area contributed by atoms with E-state index in [1.54, 1.807) is 13.0 Å². The molecule has 0 unspecified atom stereocenters. The smallest absolute Gasteiger partial charge is 0.412 e. The van der Waals surface area contributed by atoms with E-state index in [4.69, 9.17) is 4.74 Å². The molecule has 0 radical (unpaired) electrons. The van der Waals surface area contributed by atoms with Crippen LogP contribution in [-0.4, -0.2) is 49.1 Å². The summed E-state index contributed by atoms with van der Waals surface area (Å²) in [7, 11) is 0. The zero-order chi connectivity index (χ0) is 17.6. The predicted molar refractivity (Wildman–Crippen MR) is 98.3 cm³/mol. The fourth-order valence-electron chi connectivity index (χ4n) is 2.85. The fraction of sp³-hybridized carbons (Fsp3) is 0.389. The molecule has 2 aromatic rings. The second kappa shape index (κ2) is 7.83. The van der Waals surface area contributed by atoms with Crippen LogP contribution in [0.2, 0.25) is 0 Å². The molecule has 7 heteroatoms. The molecule has 7 nitrogen and oxygen atoms in total. The van der Waals surface area contributed by atoms with E-state index in [0.717, 1.165) is 32.0 Å². The first-order valence-corrected chi connectivity index (χ1v) is 8.50. The van der Waals surface area contributed by atoms with Crippen molar-refractivity contribution in [1.29, 1.82) is 0 Å². The number of carbonyl (C=O) groups excluding carboxylic acids is 1. The van der Waals surface area contributed by atoms with Crippen LogP contribution in [0, 0.1) is 6.92 Å². The molecular formula is C18H23N5O2. The van der Waals surface area contributed by atoms with E-state index < -0.39 is 6.09 Å². The summed E-state index contributed by atoms with van der Waals surface area (Å²) in [6.45, 7) is 7.83. The van der Waals surface area contributed by atoms with E-state index in [1.165, 1.54) is 11.3 Å². The molecule has 1 aromatic carbocycles. The quantitative estimate of drug-likeness (QED) is 0.922. The molecule has 1 amide bonds.